The number of Topliss-reactive ketones (excluding diaryl/α,β-unsaturated/α-hetero) is 1. The van der Waals surface area contributed by atoms with Gasteiger partial charge in [-0.2, -0.15) is 0 Å². The fraction of sp³-hybridized carbons (Fsp3) is 0.774. The molecule has 5 amide bonds. The second kappa shape index (κ2) is 12.1. The largest absolute Gasteiger partial charge is 0.363 e. The van der Waals surface area contributed by atoms with Crippen molar-refractivity contribution in [2.75, 3.05) is 12.3 Å². The summed E-state index contributed by atoms with van der Waals surface area (Å²) in [5, 5.41) is 8.24. The van der Waals surface area contributed by atoms with Crippen LogP contribution in [0.2, 0.25) is 0 Å². The molecule has 0 bridgehead atoms. The highest BCUT2D eigenvalue weighted by Crippen LogP contribution is 2.65. The minimum absolute atomic E-state index is 0.0426. The molecule has 0 spiro atoms. The molecule has 1 heterocycles. The Morgan fingerprint density at radius 2 is 1.59 bits per heavy atom. The van der Waals surface area contributed by atoms with Crippen LogP contribution in [0.4, 0.5) is 4.79 Å². The molecule has 3 unspecified atom stereocenters. The van der Waals surface area contributed by atoms with Crippen molar-refractivity contribution in [1.29, 1.82) is 0 Å². The number of carbonyl (C=O) groups excluding carboxylic acids is 5. The maximum absolute atomic E-state index is 14.2. The van der Waals surface area contributed by atoms with Crippen molar-refractivity contribution in [3.63, 3.8) is 0 Å². The maximum atomic E-state index is 14.2. The molecule has 0 aromatic heterocycles. The van der Waals surface area contributed by atoms with Gasteiger partial charge in [-0.25, -0.2) is 13.2 Å². The number of likely N-dealkylation sites (tertiary alicyclic amines) is 1. The van der Waals surface area contributed by atoms with E-state index >= 15 is 0 Å². The van der Waals surface area contributed by atoms with Crippen LogP contribution in [-0.2, 0) is 29.0 Å². The van der Waals surface area contributed by atoms with Gasteiger partial charge in [0.05, 0.1) is 10.5 Å². The van der Waals surface area contributed by atoms with Gasteiger partial charge in [0.15, 0.2) is 9.84 Å². The van der Waals surface area contributed by atoms with Crippen molar-refractivity contribution in [3.05, 3.63) is 11.6 Å². The van der Waals surface area contributed by atoms with E-state index in [1.165, 1.54) is 4.90 Å². The number of sulfone groups is 1. The molecule has 6 atom stereocenters. The molecule has 0 radical (unpaired) electrons. The van der Waals surface area contributed by atoms with Gasteiger partial charge < -0.3 is 26.6 Å². The molecule has 13 heteroatoms. The Morgan fingerprint density at radius 3 is 2.05 bits per heavy atom. The monoisotopic (exact) mass is 637 g/mol. The Labute approximate surface area is 261 Å². The molecule has 3 aliphatic rings. The van der Waals surface area contributed by atoms with Gasteiger partial charge in [-0.1, -0.05) is 60.1 Å². The zero-order valence-corrected chi connectivity index (χ0v) is 28.6. The maximum Gasteiger partial charge on any atom is 0.315 e. The zero-order chi connectivity index (χ0) is 33.7. The lowest BCUT2D eigenvalue weighted by Crippen LogP contribution is -2.62. The normalized spacial score (nSPS) is 24.4. The van der Waals surface area contributed by atoms with Gasteiger partial charge >= 0.3 is 6.03 Å². The van der Waals surface area contributed by atoms with Crippen LogP contribution in [0.15, 0.2) is 11.6 Å². The molecule has 0 aromatic rings. The van der Waals surface area contributed by atoms with Crippen molar-refractivity contribution < 1.29 is 32.4 Å². The summed E-state index contributed by atoms with van der Waals surface area (Å²) < 4.78 is 24.8. The van der Waals surface area contributed by atoms with Crippen molar-refractivity contribution in [2.24, 2.45) is 34.3 Å². The number of piperidine rings is 1. The summed E-state index contributed by atoms with van der Waals surface area (Å²) in [6.07, 6.45) is 2.77. The minimum atomic E-state index is -3.55. The summed E-state index contributed by atoms with van der Waals surface area (Å²) in [6, 6.07) is -4.46. The quantitative estimate of drug-likeness (QED) is 0.185. The molecule has 0 aromatic carbocycles. The molecule has 2 aliphatic carbocycles. The molecular formula is C31H51N5O7S. The van der Waals surface area contributed by atoms with Crippen LogP contribution in [0, 0.1) is 28.6 Å². The molecule has 2 fully saturated rings. The third-order valence-electron chi connectivity index (χ3n) is 9.44. The van der Waals surface area contributed by atoms with Gasteiger partial charge in [0.2, 0.25) is 17.6 Å². The number of primary amides is 1. The molecule has 1 aliphatic heterocycles. The van der Waals surface area contributed by atoms with Crippen molar-refractivity contribution in [3.8, 4) is 0 Å². The summed E-state index contributed by atoms with van der Waals surface area (Å²) >= 11 is 0. The van der Waals surface area contributed by atoms with E-state index in [0.717, 1.165) is 5.57 Å². The third kappa shape index (κ3) is 7.63. The van der Waals surface area contributed by atoms with Crippen LogP contribution >= 0.6 is 0 Å². The van der Waals surface area contributed by atoms with E-state index in [2.05, 4.69) is 16.0 Å². The SMILES string of the molecule is CC(C)[C@@H](CS(=O)(=O)C(C)(C)C)NC(=O)N[C@H](C(=O)N1CC2C([C@H]1C(=O)NC(CC1=CC1)C(=O)C(N)=O)C2(C)C)C(C)(C)C. The van der Waals surface area contributed by atoms with Crippen LogP contribution in [-0.4, -0.2) is 84.1 Å². The number of nitrogens with one attached hydrogen (secondary N) is 3. The highest BCUT2D eigenvalue weighted by Gasteiger charge is 2.70. The molecule has 44 heavy (non-hydrogen) atoms. The zero-order valence-electron chi connectivity index (χ0n) is 27.7. The first-order valence-corrected chi connectivity index (χ1v) is 17.0. The summed E-state index contributed by atoms with van der Waals surface area (Å²) in [5.74, 6) is -3.62. The first-order chi connectivity index (χ1) is 19.9. The minimum Gasteiger partial charge on any atom is -0.363 e. The van der Waals surface area contributed by atoms with Gasteiger partial charge in [0.25, 0.3) is 5.91 Å². The number of nitrogens with zero attached hydrogens (tertiary/aromatic N) is 1. The van der Waals surface area contributed by atoms with Gasteiger partial charge in [-0.15, -0.1) is 0 Å². The number of urea groups is 1. The molecule has 12 nitrogen and oxygen atoms in total. The summed E-state index contributed by atoms with van der Waals surface area (Å²) in [4.78, 5) is 67.0. The number of ketones is 1. The molecule has 1 saturated carbocycles. The number of hydrogen-bond acceptors (Lipinski definition) is 7. The Morgan fingerprint density at radius 1 is 1.02 bits per heavy atom. The molecule has 248 valence electrons. The number of carbonyl (C=O) groups is 5. The average Bonchev–Trinajstić information content (AvgIpc) is 3.71. The standard InChI is InChI=1S/C31H51N5O7S/c1-16(2)20(15-44(42,43)30(6,7)8)34-28(41)35-24(29(3,4)5)27(40)36-14-18-21(31(18,9)10)22(36)26(39)33-19(13-17-11-12-17)23(37)25(32)38/h11,16,18-22,24H,12-15H2,1-10H3,(H2,32,38)(H,33,39)(H2,34,35,41)/t18?,19?,20-,21?,22+,24-/m1/s1. The van der Waals surface area contributed by atoms with Crippen molar-refractivity contribution in [2.45, 2.75) is 111 Å². The summed E-state index contributed by atoms with van der Waals surface area (Å²) in [5.41, 5.74) is 5.20. The second-order valence-corrected chi connectivity index (χ2v) is 18.4. The fourth-order valence-electron chi connectivity index (χ4n) is 6.00. The van der Waals surface area contributed by atoms with E-state index in [4.69, 9.17) is 5.73 Å². The van der Waals surface area contributed by atoms with E-state index in [9.17, 15) is 32.4 Å². The predicted molar refractivity (Wildman–Crippen MR) is 167 cm³/mol. The van der Waals surface area contributed by atoms with Crippen LogP contribution in [0.25, 0.3) is 0 Å². The van der Waals surface area contributed by atoms with E-state index < -0.39 is 73.7 Å². The van der Waals surface area contributed by atoms with Crippen LogP contribution < -0.4 is 21.7 Å². The molecule has 3 rings (SSSR count). The highest BCUT2D eigenvalue weighted by molar-refractivity contribution is 7.92. The second-order valence-electron chi connectivity index (χ2n) is 15.6. The van der Waals surface area contributed by atoms with Crippen LogP contribution in [0.1, 0.15) is 82.1 Å². The molecular weight excluding hydrogens is 586 g/mol. The van der Waals surface area contributed by atoms with E-state index in [-0.39, 0.29) is 35.3 Å². The lowest BCUT2D eigenvalue weighted by molar-refractivity contribution is -0.145. The number of fused-ring (bicyclic) bond motifs is 1. The van der Waals surface area contributed by atoms with Crippen molar-refractivity contribution >= 4 is 39.4 Å². The van der Waals surface area contributed by atoms with E-state index in [1.54, 1.807) is 41.5 Å². The Balaban J connectivity index is 1.82. The first-order valence-electron chi connectivity index (χ1n) is 15.3. The van der Waals surface area contributed by atoms with Crippen LogP contribution in [0.3, 0.4) is 0 Å². The fourth-order valence-corrected chi connectivity index (χ4v) is 7.44. The summed E-state index contributed by atoms with van der Waals surface area (Å²) in [6.45, 7) is 18.2. The Hall–Kier alpha value is -2.96. The van der Waals surface area contributed by atoms with Gasteiger partial charge in [-0.3, -0.25) is 19.2 Å². The number of nitrogens with two attached hydrogens (primary N) is 1. The number of rotatable bonds is 12. The van der Waals surface area contributed by atoms with Crippen molar-refractivity contribution in [1.82, 2.24) is 20.9 Å². The topological polar surface area (TPSA) is 185 Å². The lowest BCUT2D eigenvalue weighted by Gasteiger charge is -2.38. The first kappa shape index (κ1) is 35.5. The molecule has 5 N–H and O–H groups in total. The van der Waals surface area contributed by atoms with Gasteiger partial charge in [-0.05, 0) is 62.2 Å². The van der Waals surface area contributed by atoms with E-state index in [1.807, 2.05) is 33.8 Å². The molecule has 1 saturated heterocycles. The number of amides is 5. The van der Waals surface area contributed by atoms with E-state index in [0.29, 0.717) is 13.0 Å². The highest BCUT2D eigenvalue weighted by atomic mass is 32.2. The average molecular weight is 638 g/mol. The van der Waals surface area contributed by atoms with Gasteiger partial charge in [0.1, 0.15) is 18.1 Å². The lowest BCUT2D eigenvalue weighted by atomic mass is 9.85. The van der Waals surface area contributed by atoms with Gasteiger partial charge in [0, 0.05) is 12.6 Å². The Bertz CT molecular complexity index is 1340. The smallest absolute Gasteiger partial charge is 0.315 e. The predicted octanol–water partition coefficient (Wildman–Crippen LogP) is 1.68. The third-order valence-corrected chi connectivity index (χ3v) is 12.1. The summed E-state index contributed by atoms with van der Waals surface area (Å²) in [7, 11) is -3.55. The number of hydrogen-bond donors (Lipinski definition) is 4. The van der Waals surface area contributed by atoms with Crippen LogP contribution in [0.5, 0.6) is 0 Å². The Kier molecular flexibility index (Phi) is 9.76. The number of allylic oxidation sites excluding steroid dienone is 1.